The predicted octanol–water partition coefficient (Wildman–Crippen LogP) is 2.15. The van der Waals surface area contributed by atoms with E-state index in [4.69, 9.17) is 5.11 Å². The molecule has 1 unspecified atom stereocenters. The molecule has 0 fully saturated rings. The van der Waals surface area contributed by atoms with Crippen molar-refractivity contribution >= 4 is 22.0 Å². The van der Waals surface area contributed by atoms with Crippen LogP contribution in [0.3, 0.4) is 0 Å². The van der Waals surface area contributed by atoms with Crippen molar-refractivity contribution in [2.24, 2.45) is 0 Å². The summed E-state index contributed by atoms with van der Waals surface area (Å²) >= 11 is 3.38. The van der Waals surface area contributed by atoms with Crippen molar-refractivity contribution in [3.05, 3.63) is 34.3 Å². The molecule has 0 aromatic heterocycles. The molecular formula is C11H15BrN2O2. The number of rotatable bonds is 4. The van der Waals surface area contributed by atoms with Crippen LogP contribution in [0.4, 0.5) is 4.79 Å². The van der Waals surface area contributed by atoms with Gasteiger partial charge in [0.05, 0.1) is 5.54 Å². The van der Waals surface area contributed by atoms with Crippen LogP contribution in [0.1, 0.15) is 12.5 Å². The molecule has 5 heteroatoms. The van der Waals surface area contributed by atoms with E-state index in [9.17, 15) is 4.79 Å². The van der Waals surface area contributed by atoms with Gasteiger partial charge in [0.2, 0.25) is 0 Å². The highest BCUT2D eigenvalue weighted by Gasteiger charge is 2.27. The molecule has 16 heavy (non-hydrogen) atoms. The van der Waals surface area contributed by atoms with Crippen LogP contribution in [-0.4, -0.2) is 24.8 Å². The maximum atomic E-state index is 10.8. The third-order valence-corrected chi connectivity index (χ3v) is 2.87. The molecule has 0 spiro atoms. The summed E-state index contributed by atoms with van der Waals surface area (Å²) in [6.07, 6.45) is -1.03. The first-order valence-corrected chi connectivity index (χ1v) is 5.69. The number of carboxylic acid groups (broad SMARTS) is 1. The molecular weight excluding hydrogens is 272 g/mol. The van der Waals surface area contributed by atoms with Crippen molar-refractivity contribution in [3.8, 4) is 0 Å². The molecule has 0 heterocycles. The van der Waals surface area contributed by atoms with E-state index in [0.717, 1.165) is 10.0 Å². The highest BCUT2D eigenvalue weighted by molar-refractivity contribution is 9.10. The second-order valence-corrected chi connectivity index (χ2v) is 4.72. The first-order valence-electron chi connectivity index (χ1n) is 4.90. The molecule has 1 aromatic rings. The van der Waals surface area contributed by atoms with Crippen molar-refractivity contribution in [2.75, 3.05) is 13.6 Å². The summed E-state index contributed by atoms with van der Waals surface area (Å²) < 4.78 is 0.930. The predicted molar refractivity (Wildman–Crippen MR) is 66.6 cm³/mol. The molecule has 0 saturated carbocycles. The number of hydrogen-bond acceptors (Lipinski definition) is 2. The molecule has 0 aliphatic heterocycles. The smallest absolute Gasteiger partial charge is 0.405 e. The maximum Gasteiger partial charge on any atom is 0.405 e. The van der Waals surface area contributed by atoms with Crippen LogP contribution >= 0.6 is 15.9 Å². The summed E-state index contributed by atoms with van der Waals surface area (Å²) in [5.74, 6) is 0. The molecule has 0 aliphatic rings. The van der Waals surface area contributed by atoms with Crippen LogP contribution in [0.2, 0.25) is 0 Å². The number of halogens is 1. The Kier molecular flexibility index (Phi) is 4.32. The van der Waals surface area contributed by atoms with Crippen LogP contribution in [0.25, 0.3) is 0 Å². The first kappa shape index (κ1) is 13.0. The van der Waals surface area contributed by atoms with Crippen LogP contribution in [0.5, 0.6) is 0 Å². The van der Waals surface area contributed by atoms with Gasteiger partial charge in [-0.2, -0.15) is 0 Å². The summed E-state index contributed by atoms with van der Waals surface area (Å²) in [6.45, 7) is 2.37. The van der Waals surface area contributed by atoms with Crippen LogP contribution in [-0.2, 0) is 5.54 Å². The lowest BCUT2D eigenvalue weighted by molar-refractivity contribution is 0.179. The summed E-state index contributed by atoms with van der Waals surface area (Å²) in [5.41, 5.74) is 0.281. The fourth-order valence-electron chi connectivity index (χ4n) is 1.64. The fourth-order valence-corrected chi connectivity index (χ4v) is 2.04. The third-order valence-electron chi connectivity index (χ3n) is 2.37. The van der Waals surface area contributed by atoms with Gasteiger partial charge in [0.1, 0.15) is 0 Å². The molecule has 88 valence electrons. The Morgan fingerprint density at radius 2 is 2.25 bits per heavy atom. The molecule has 0 radical (unpaired) electrons. The second kappa shape index (κ2) is 5.32. The van der Waals surface area contributed by atoms with E-state index in [1.807, 2.05) is 31.2 Å². The topological polar surface area (TPSA) is 61.4 Å². The van der Waals surface area contributed by atoms with Gasteiger partial charge in [-0.15, -0.1) is 0 Å². The average Bonchev–Trinajstić information content (AvgIpc) is 2.16. The first-order chi connectivity index (χ1) is 7.48. The van der Waals surface area contributed by atoms with E-state index in [1.54, 1.807) is 7.05 Å². The zero-order chi connectivity index (χ0) is 12.2. The van der Waals surface area contributed by atoms with Gasteiger partial charge >= 0.3 is 6.09 Å². The zero-order valence-corrected chi connectivity index (χ0v) is 10.8. The summed E-state index contributed by atoms with van der Waals surface area (Å²) in [5, 5.41) is 14.4. The highest BCUT2D eigenvalue weighted by Crippen LogP contribution is 2.23. The van der Waals surface area contributed by atoms with Crippen molar-refractivity contribution in [2.45, 2.75) is 12.5 Å². The molecule has 0 aliphatic carbocycles. The normalized spacial score (nSPS) is 14.2. The highest BCUT2D eigenvalue weighted by atomic mass is 79.9. The zero-order valence-electron chi connectivity index (χ0n) is 9.25. The van der Waals surface area contributed by atoms with Crippen LogP contribution in [0.15, 0.2) is 28.7 Å². The molecule has 1 rings (SSSR count). The molecule has 1 aromatic carbocycles. The number of carbonyl (C=O) groups is 1. The minimum Gasteiger partial charge on any atom is -0.465 e. The van der Waals surface area contributed by atoms with E-state index >= 15 is 0 Å². The minimum absolute atomic E-state index is 0.524. The van der Waals surface area contributed by atoms with Crippen molar-refractivity contribution < 1.29 is 9.90 Å². The minimum atomic E-state index is -1.03. The molecule has 1 amide bonds. The van der Waals surface area contributed by atoms with Crippen molar-refractivity contribution in [1.29, 1.82) is 0 Å². The van der Waals surface area contributed by atoms with Gasteiger partial charge in [-0.25, -0.2) is 4.79 Å². The van der Waals surface area contributed by atoms with Gasteiger partial charge in [0, 0.05) is 11.0 Å². The van der Waals surface area contributed by atoms with E-state index in [-0.39, 0.29) is 0 Å². The summed E-state index contributed by atoms with van der Waals surface area (Å²) in [7, 11) is 1.79. The Labute approximate surface area is 103 Å². The molecule has 0 bridgehead atoms. The van der Waals surface area contributed by atoms with Crippen LogP contribution in [0, 0.1) is 0 Å². The van der Waals surface area contributed by atoms with E-state index < -0.39 is 11.6 Å². The van der Waals surface area contributed by atoms with Crippen molar-refractivity contribution in [1.82, 2.24) is 10.6 Å². The number of hydrogen-bond donors (Lipinski definition) is 3. The lowest BCUT2D eigenvalue weighted by Crippen LogP contribution is -2.49. The maximum absolute atomic E-state index is 10.8. The fraction of sp³-hybridized carbons (Fsp3) is 0.364. The Morgan fingerprint density at radius 1 is 1.56 bits per heavy atom. The van der Waals surface area contributed by atoms with Crippen LogP contribution < -0.4 is 10.6 Å². The Morgan fingerprint density at radius 3 is 2.75 bits per heavy atom. The monoisotopic (exact) mass is 286 g/mol. The van der Waals surface area contributed by atoms with E-state index in [2.05, 4.69) is 26.6 Å². The van der Waals surface area contributed by atoms with Gasteiger partial charge < -0.3 is 15.7 Å². The van der Waals surface area contributed by atoms with Gasteiger partial charge in [-0.3, -0.25) is 0 Å². The number of amides is 1. The Bertz CT molecular complexity index is 384. The van der Waals surface area contributed by atoms with E-state index in [0.29, 0.717) is 6.54 Å². The van der Waals surface area contributed by atoms with Gasteiger partial charge in [-0.1, -0.05) is 28.1 Å². The van der Waals surface area contributed by atoms with Crippen molar-refractivity contribution in [3.63, 3.8) is 0 Å². The lowest BCUT2D eigenvalue weighted by atomic mass is 9.92. The van der Waals surface area contributed by atoms with Gasteiger partial charge in [0.25, 0.3) is 0 Å². The lowest BCUT2D eigenvalue weighted by Gasteiger charge is -2.30. The summed E-state index contributed by atoms with van der Waals surface area (Å²) in [4.78, 5) is 10.8. The standard InChI is InChI=1S/C11H15BrN2O2/c1-11(7-13-2,14-10(15)16)8-4-3-5-9(12)6-8/h3-6,13-14H,7H2,1-2H3,(H,15,16). The molecule has 3 N–H and O–H groups in total. The largest absolute Gasteiger partial charge is 0.465 e. The SMILES string of the molecule is CNCC(C)(NC(=O)O)c1cccc(Br)c1. The van der Waals surface area contributed by atoms with Gasteiger partial charge in [-0.05, 0) is 31.7 Å². The quantitative estimate of drug-likeness (QED) is 0.795. The Balaban J connectivity index is 3.05. The van der Waals surface area contributed by atoms with Gasteiger partial charge in [0.15, 0.2) is 0 Å². The number of benzene rings is 1. The number of likely N-dealkylation sites (N-methyl/N-ethyl adjacent to an activating group) is 1. The Hall–Kier alpha value is -1.07. The number of nitrogens with one attached hydrogen (secondary N) is 2. The third kappa shape index (κ3) is 3.21. The van der Waals surface area contributed by atoms with E-state index in [1.165, 1.54) is 0 Å². The molecule has 0 saturated heterocycles. The molecule has 1 atom stereocenters. The summed E-state index contributed by atoms with van der Waals surface area (Å²) in [6, 6.07) is 7.60. The second-order valence-electron chi connectivity index (χ2n) is 3.80. The average molecular weight is 287 g/mol. The molecule has 4 nitrogen and oxygen atoms in total.